The van der Waals surface area contributed by atoms with Gasteiger partial charge in [0.2, 0.25) is 0 Å². The number of pyridine rings is 1. The summed E-state index contributed by atoms with van der Waals surface area (Å²) in [4.78, 5) is 6.30. The summed E-state index contributed by atoms with van der Waals surface area (Å²) in [6, 6.07) is 3.79. The Morgan fingerprint density at radius 1 is 1.60 bits per heavy atom. The molecule has 0 aliphatic carbocycles. The number of β-amino-alcohol motifs (C(OH)–C–C–N with tert-alkyl or cyclic N) is 1. The molecular formula is C11H16N2O2. The summed E-state index contributed by atoms with van der Waals surface area (Å²) >= 11 is 0. The highest BCUT2D eigenvalue weighted by Gasteiger charge is 2.27. The van der Waals surface area contributed by atoms with Gasteiger partial charge < -0.3 is 14.7 Å². The molecule has 1 saturated heterocycles. The molecule has 1 aromatic rings. The molecule has 0 amide bonds. The van der Waals surface area contributed by atoms with E-state index in [1.807, 2.05) is 17.0 Å². The van der Waals surface area contributed by atoms with E-state index in [2.05, 4.69) is 11.9 Å². The molecule has 2 heterocycles. The molecule has 0 atom stereocenters. The molecule has 1 aliphatic heterocycles. The van der Waals surface area contributed by atoms with Crippen molar-refractivity contribution < 1.29 is 9.84 Å². The van der Waals surface area contributed by atoms with Crippen LogP contribution in [0.15, 0.2) is 18.3 Å². The maximum atomic E-state index is 9.24. The van der Waals surface area contributed by atoms with Gasteiger partial charge in [0.25, 0.3) is 0 Å². The van der Waals surface area contributed by atoms with E-state index in [9.17, 15) is 5.11 Å². The Labute approximate surface area is 89.5 Å². The third-order valence-corrected chi connectivity index (χ3v) is 2.37. The van der Waals surface area contributed by atoms with Gasteiger partial charge in [0.15, 0.2) is 11.6 Å². The van der Waals surface area contributed by atoms with Gasteiger partial charge >= 0.3 is 0 Å². The molecular weight excluding hydrogens is 192 g/mol. The van der Waals surface area contributed by atoms with E-state index in [0.29, 0.717) is 19.7 Å². The molecule has 4 heteroatoms. The molecule has 1 fully saturated rings. The minimum atomic E-state index is -0.217. The van der Waals surface area contributed by atoms with Gasteiger partial charge in [-0.25, -0.2) is 4.98 Å². The lowest BCUT2D eigenvalue weighted by atomic mass is 10.1. The van der Waals surface area contributed by atoms with Crippen molar-refractivity contribution in [3.05, 3.63) is 18.3 Å². The van der Waals surface area contributed by atoms with E-state index in [-0.39, 0.29) is 6.10 Å². The first-order valence-corrected chi connectivity index (χ1v) is 5.32. The summed E-state index contributed by atoms with van der Waals surface area (Å²) in [7, 11) is 0. The number of rotatable bonds is 4. The van der Waals surface area contributed by atoms with Crippen LogP contribution >= 0.6 is 0 Å². The van der Waals surface area contributed by atoms with Crippen LogP contribution in [0.5, 0.6) is 5.75 Å². The first-order valence-electron chi connectivity index (χ1n) is 5.32. The van der Waals surface area contributed by atoms with Gasteiger partial charge in [-0.2, -0.15) is 0 Å². The van der Waals surface area contributed by atoms with Gasteiger partial charge in [-0.15, -0.1) is 0 Å². The number of aliphatic hydroxyl groups is 1. The smallest absolute Gasteiger partial charge is 0.171 e. The van der Waals surface area contributed by atoms with Crippen LogP contribution in [-0.4, -0.2) is 35.9 Å². The van der Waals surface area contributed by atoms with Crippen LogP contribution in [0.3, 0.4) is 0 Å². The Morgan fingerprint density at radius 3 is 3.07 bits per heavy atom. The van der Waals surface area contributed by atoms with Gasteiger partial charge in [-0.1, -0.05) is 6.92 Å². The van der Waals surface area contributed by atoms with E-state index < -0.39 is 0 Å². The summed E-state index contributed by atoms with van der Waals surface area (Å²) < 4.78 is 5.59. The number of aromatic nitrogens is 1. The monoisotopic (exact) mass is 208 g/mol. The quantitative estimate of drug-likeness (QED) is 0.803. The Balaban J connectivity index is 2.08. The van der Waals surface area contributed by atoms with Crippen molar-refractivity contribution in [2.24, 2.45) is 0 Å². The summed E-state index contributed by atoms with van der Waals surface area (Å²) in [5.41, 5.74) is 0. The highest BCUT2D eigenvalue weighted by molar-refractivity contribution is 5.54. The van der Waals surface area contributed by atoms with Crippen molar-refractivity contribution >= 4 is 5.82 Å². The summed E-state index contributed by atoms with van der Waals surface area (Å²) in [5, 5.41) is 9.24. The number of aliphatic hydroxyl groups excluding tert-OH is 1. The molecule has 0 unspecified atom stereocenters. The van der Waals surface area contributed by atoms with Crippen molar-refractivity contribution in [1.82, 2.24) is 4.98 Å². The first kappa shape index (κ1) is 10.2. The van der Waals surface area contributed by atoms with Crippen molar-refractivity contribution in [2.75, 3.05) is 24.6 Å². The minimum Gasteiger partial charge on any atom is -0.490 e. The Kier molecular flexibility index (Phi) is 3.06. The SMILES string of the molecule is CCCOc1cccnc1N1CC(O)C1. The minimum absolute atomic E-state index is 0.217. The lowest BCUT2D eigenvalue weighted by Gasteiger charge is -2.37. The van der Waals surface area contributed by atoms with E-state index >= 15 is 0 Å². The van der Waals surface area contributed by atoms with E-state index in [1.54, 1.807) is 6.20 Å². The lowest BCUT2D eigenvalue weighted by molar-refractivity contribution is 0.140. The molecule has 82 valence electrons. The molecule has 0 spiro atoms. The molecule has 0 aromatic carbocycles. The first-order chi connectivity index (χ1) is 7.31. The molecule has 2 rings (SSSR count). The van der Waals surface area contributed by atoms with Gasteiger partial charge in [-0.3, -0.25) is 0 Å². The van der Waals surface area contributed by atoms with Crippen LogP contribution in [0.25, 0.3) is 0 Å². The van der Waals surface area contributed by atoms with Gasteiger partial charge in [0.1, 0.15) is 0 Å². The molecule has 1 N–H and O–H groups in total. The van der Waals surface area contributed by atoms with Crippen molar-refractivity contribution in [1.29, 1.82) is 0 Å². The predicted molar refractivity (Wildman–Crippen MR) is 58.2 cm³/mol. The van der Waals surface area contributed by atoms with Crippen LogP contribution in [0, 0.1) is 0 Å². The fourth-order valence-electron chi connectivity index (χ4n) is 1.57. The van der Waals surface area contributed by atoms with E-state index in [4.69, 9.17) is 4.74 Å². The zero-order valence-electron chi connectivity index (χ0n) is 8.89. The standard InChI is InChI=1S/C11H16N2O2/c1-2-6-15-10-4-3-5-12-11(10)13-7-9(14)8-13/h3-5,9,14H,2,6-8H2,1H3. The average molecular weight is 208 g/mol. The maximum Gasteiger partial charge on any atom is 0.171 e. The molecule has 4 nitrogen and oxygen atoms in total. The fraction of sp³-hybridized carbons (Fsp3) is 0.545. The van der Waals surface area contributed by atoms with Gasteiger partial charge in [0.05, 0.1) is 12.7 Å². The van der Waals surface area contributed by atoms with Crippen LogP contribution in [-0.2, 0) is 0 Å². The van der Waals surface area contributed by atoms with Crippen LogP contribution in [0.2, 0.25) is 0 Å². The normalized spacial score (nSPS) is 16.3. The fourth-order valence-corrected chi connectivity index (χ4v) is 1.57. The Morgan fingerprint density at radius 2 is 2.40 bits per heavy atom. The Hall–Kier alpha value is -1.29. The third-order valence-electron chi connectivity index (χ3n) is 2.37. The highest BCUT2D eigenvalue weighted by Crippen LogP contribution is 2.28. The second kappa shape index (κ2) is 4.49. The zero-order chi connectivity index (χ0) is 10.7. The summed E-state index contributed by atoms with van der Waals surface area (Å²) in [5.74, 6) is 1.66. The summed E-state index contributed by atoms with van der Waals surface area (Å²) in [6.07, 6.45) is 2.52. The van der Waals surface area contributed by atoms with Crippen molar-refractivity contribution in [2.45, 2.75) is 19.4 Å². The number of ether oxygens (including phenoxy) is 1. The average Bonchev–Trinajstić information content (AvgIpc) is 2.23. The van der Waals surface area contributed by atoms with Gasteiger partial charge in [-0.05, 0) is 18.6 Å². The highest BCUT2D eigenvalue weighted by atomic mass is 16.5. The predicted octanol–water partition coefficient (Wildman–Crippen LogP) is 1.05. The molecule has 0 radical (unpaired) electrons. The van der Waals surface area contributed by atoms with Crippen LogP contribution in [0.4, 0.5) is 5.82 Å². The molecule has 0 saturated carbocycles. The number of nitrogens with zero attached hydrogens (tertiary/aromatic N) is 2. The second-order valence-electron chi connectivity index (χ2n) is 3.73. The van der Waals surface area contributed by atoms with Crippen molar-refractivity contribution in [3.63, 3.8) is 0 Å². The van der Waals surface area contributed by atoms with Gasteiger partial charge in [0, 0.05) is 19.3 Å². The zero-order valence-corrected chi connectivity index (χ0v) is 8.89. The van der Waals surface area contributed by atoms with E-state index in [0.717, 1.165) is 18.0 Å². The second-order valence-corrected chi connectivity index (χ2v) is 3.73. The van der Waals surface area contributed by atoms with Crippen LogP contribution in [0.1, 0.15) is 13.3 Å². The van der Waals surface area contributed by atoms with Crippen molar-refractivity contribution in [3.8, 4) is 5.75 Å². The number of anilines is 1. The third kappa shape index (κ3) is 2.21. The topological polar surface area (TPSA) is 45.6 Å². The number of hydrogen-bond acceptors (Lipinski definition) is 4. The lowest BCUT2D eigenvalue weighted by Crippen LogP contribution is -2.51. The summed E-state index contributed by atoms with van der Waals surface area (Å²) in [6.45, 7) is 4.08. The maximum absolute atomic E-state index is 9.24. The van der Waals surface area contributed by atoms with Crippen LogP contribution < -0.4 is 9.64 Å². The molecule has 1 aliphatic rings. The molecule has 1 aromatic heterocycles. The molecule has 15 heavy (non-hydrogen) atoms. The molecule has 0 bridgehead atoms. The number of hydrogen-bond donors (Lipinski definition) is 1. The largest absolute Gasteiger partial charge is 0.490 e. The Bertz CT molecular complexity index is 324. The van der Waals surface area contributed by atoms with E-state index in [1.165, 1.54) is 0 Å².